The second-order valence-electron chi connectivity index (χ2n) is 5.24. The molecule has 1 heterocycles. The van der Waals surface area contributed by atoms with E-state index in [-0.39, 0.29) is 30.0 Å². The lowest BCUT2D eigenvalue weighted by atomic mass is 9.96. The molecule has 0 saturated carbocycles. The van der Waals surface area contributed by atoms with Gasteiger partial charge in [0.05, 0.1) is 0 Å². The van der Waals surface area contributed by atoms with E-state index in [1.165, 1.54) is 12.1 Å². The van der Waals surface area contributed by atoms with Crippen LogP contribution in [0.3, 0.4) is 0 Å². The van der Waals surface area contributed by atoms with Gasteiger partial charge in [0, 0.05) is 19.5 Å². The fourth-order valence-corrected chi connectivity index (χ4v) is 2.51. The molecule has 7 heteroatoms. The number of hydrogen-bond donors (Lipinski definition) is 1. The SMILES string of the molecule is CN(Cc1ccc(OC(F)F)cc1)C(=O)C1CCNCC1.Cl. The Hall–Kier alpha value is -1.40. The lowest BCUT2D eigenvalue weighted by Gasteiger charge is -2.27. The monoisotopic (exact) mass is 334 g/mol. The molecule has 1 fully saturated rings. The number of carbonyl (C=O) groups is 1. The number of benzene rings is 1. The topological polar surface area (TPSA) is 41.6 Å². The first-order valence-electron chi connectivity index (χ1n) is 7.05. The van der Waals surface area contributed by atoms with E-state index in [1.807, 2.05) is 0 Å². The largest absolute Gasteiger partial charge is 0.435 e. The van der Waals surface area contributed by atoms with Crippen molar-refractivity contribution in [3.8, 4) is 5.75 Å². The quantitative estimate of drug-likeness (QED) is 0.900. The van der Waals surface area contributed by atoms with Gasteiger partial charge in [0.2, 0.25) is 5.91 Å². The van der Waals surface area contributed by atoms with Crippen LogP contribution in [0, 0.1) is 5.92 Å². The van der Waals surface area contributed by atoms with Gasteiger partial charge in [0.1, 0.15) is 5.75 Å². The Morgan fingerprint density at radius 2 is 1.91 bits per heavy atom. The highest BCUT2D eigenvalue weighted by atomic mass is 35.5. The highest BCUT2D eigenvalue weighted by Gasteiger charge is 2.23. The average Bonchev–Trinajstić information content (AvgIpc) is 2.49. The van der Waals surface area contributed by atoms with E-state index in [2.05, 4.69) is 10.1 Å². The zero-order chi connectivity index (χ0) is 15.2. The van der Waals surface area contributed by atoms with Crippen molar-refractivity contribution in [2.24, 2.45) is 5.92 Å². The van der Waals surface area contributed by atoms with Crippen LogP contribution in [-0.2, 0) is 11.3 Å². The van der Waals surface area contributed by atoms with Crippen molar-refractivity contribution < 1.29 is 18.3 Å². The summed E-state index contributed by atoms with van der Waals surface area (Å²) in [6.07, 6.45) is 1.73. The molecule has 1 aromatic carbocycles. The van der Waals surface area contributed by atoms with Crippen LogP contribution in [0.15, 0.2) is 24.3 Å². The van der Waals surface area contributed by atoms with E-state index in [9.17, 15) is 13.6 Å². The molecule has 0 aliphatic carbocycles. The normalized spacial score (nSPS) is 15.3. The Morgan fingerprint density at radius 3 is 2.45 bits per heavy atom. The fraction of sp³-hybridized carbons (Fsp3) is 0.533. The van der Waals surface area contributed by atoms with Crippen LogP contribution in [0.5, 0.6) is 5.75 Å². The van der Waals surface area contributed by atoms with Crippen molar-refractivity contribution in [2.75, 3.05) is 20.1 Å². The van der Waals surface area contributed by atoms with E-state index < -0.39 is 6.61 Å². The molecule has 0 radical (unpaired) electrons. The Labute approximate surface area is 135 Å². The highest BCUT2D eigenvalue weighted by Crippen LogP contribution is 2.18. The van der Waals surface area contributed by atoms with Crippen molar-refractivity contribution >= 4 is 18.3 Å². The van der Waals surface area contributed by atoms with Gasteiger partial charge in [-0.25, -0.2) is 0 Å². The molecular weight excluding hydrogens is 314 g/mol. The summed E-state index contributed by atoms with van der Waals surface area (Å²) in [6.45, 7) is -0.592. The van der Waals surface area contributed by atoms with Gasteiger partial charge in [0.15, 0.2) is 0 Å². The van der Waals surface area contributed by atoms with Crippen molar-refractivity contribution in [3.63, 3.8) is 0 Å². The van der Waals surface area contributed by atoms with Gasteiger partial charge in [-0.3, -0.25) is 4.79 Å². The number of hydrogen-bond acceptors (Lipinski definition) is 3. The van der Waals surface area contributed by atoms with Gasteiger partial charge in [-0.15, -0.1) is 12.4 Å². The van der Waals surface area contributed by atoms with E-state index in [0.717, 1.165) is 31.5 Å². The molecule has 2 rings (SSSR count). The summed E-state index contributed by atoms with van der Waals surface area (Å²) in [4.78, 5) is 14.0. The number of nitrogens with zero attached hydrogens (tertiary/aromatic N) is 1. The first-order valence-corrected chi connectivity index (χ1v) is 7.05. The number of carbonyl (C=O) groups excluding carboxylic acids is 1. The van der Waals surface area contributed by atoms with Crippen LogP contribution < -0.4 is 10.1 Å². The maximum atomic E-state index is 12.3. The molecule has 0 unspecified atom stereocenters. The summed E-state index contributed by atoms with van der Waals surface area (Å²) in [6, 6.07) is 6.38. The van der Waals surface area contributed by atoms with Crippen LogP contribution in [0.1, 0.15) is 18.4 Å². The van der Waals surface area contributed by atoms with E-state index in [4.69, 9.17) is 0 Å². The average molecular weight is 335 g/mol. The third-order valence-electron chi connectivity index (χ3n) is 3.63. The molecule has 1 aromatic rings. The van der Waals surface area contributed by atoms with Crippen molar-refractivity contribution in [3.05, 3.63) is 29.8 Å². The van der Waals surface area contributed by atoms with Gasteiger partial charge >= 0.3 is 6.61 Å². The molecule has 1 aliphatic rings. The number of nitrogens with one attached hydrogen (secondary N) is 1. The van der Waals surface area contributed by atoms with Crippen molar-refractivity contribution in [1.82, 2.24) is 10.2 Å². The Balaban J connectivity index is 0.00000242. The van der Waals surface area contributed by atoms with Gasteiger partial charge in [-0.1, -0.05) is 12.1 Å². The van der Waals surface area contributed by atoms with E-state index >= 15 is 0 Å². The van der Waals surface area contributed by atoms with Crippen LogP contribution in [0.2, 0.25) is 0 Å². The molecule has 1 amide bonds. The number of ether oxygens (including phenoxy) is 1. The second-order valence-corrected chi connectivity index (χ2v) is 5.24. The van der Waals surface area contributed by atoms with Crippen molar-refractivity contribution in [1.29, 1.82) is 0 Å². The minimum atomic E-state index is -2.82. The number of halogens is 3. The molecule has 0 spiro atoms. The highest BCUT2D eigenvalue weighted by molar-refractivity contribution is 5.85. The number of alkyl halides is 2. The van der Waals surface area contributed by atoms with Gasteiger partial charge in [0.25, 0.3) is 0 Å². The van der Waals surface area contributed by atoms with E-state index in [1.54, 1.807) is 24.1 Å². The smallest absolute Gasteiger partial charge is 0.387 e. The third kappa shape index (κ3) is 5.42. The number of amides is 1. The molecule has 1 saturated heterocycles. The summed E-state index contributed by atoms with van der Waals surface area (Å²) >= 11 is 0. The van der Waals surface area contributed by atoms with Gasteiger partial charge in [-0.2, -0.15) is 8.78 Å². The summed E-state index contributed by atoms with van der Waals surface area (Å²) in [7, 11) is 1.77. The summed E-state index contributed by atoms with van der Waals surface area (Å²) in [5.41, 5.74) is 0.890. The molecule has 0 atom stereocenters. The molecule has 22 heavy (non-hydrogen) atoms. The minimum Gasteiger partial charge on any atom is -0.435 e. The van der Waals surface area contributed by atoms with Gasteiger partial charge in [-0.05, 0) is 43.6 Å². The fourth-order valence-electron chi connectivity index (χ4n) is 2.51. The zero-order valence-corrected chi connectivity index (χ0v) is 13.2. The Morgan fingerprint density at radius 1 is 1.32 bits per heavy atom. The molecule has 4 nitrogen and oxygen atoms in total. The van der Waals surface area contributed by atoms with Crippen LogP contribution in [-0.4, -0.2) is 37.6 Å². The molecule has 1 N–H and O–H groups in total. The third-order valence-corrected chi connectivity index (χ3v) is 3.63. The first kappa shape index (κ1) is 18.6. The summed E-state index contributed by atoms with van der Waals surface area (Å²) in [5.74, 6) is 0.350. The van der Waals surface area contributed by atoms with Crippen LogP contribution in [0.4, 0.5) is 8.78 Å². The Bertz CT molecular complexity index is 465. The second kappa shape index (κ2) is 8.90. The molecule has 0 aromatic heterocycles. The Kier molecular flexibility index (Phi) is 7.55. The lowest BCUT2D eigenvalue weighted by Crippen LogP contribution is -2.38. The molecule has 124 valence electrons. The zero-order valence-electron chi connectivity index (χ0n) is 12.4. The maximum Gasteiger partial charge on any atom is 0.387 e. The minimum absolute atomic E-state index is 0. The predicted octanol–water partition coefficient (Wildman–Crippen LogP) is 2.67. The van der Waals surface area contributed by atoms with Gasteiger partial charge < -0.3 is 15.0 Å². The molecular formula is C15H21ClF2N2O2. The summed E-state index contributed by atoms with van der Waals surface area (Å²) in [5, 5.41) is 3.23. The standard InChI is InChI=1S/C15H20F2N2O2.ClH/c1-19(14(20)12-6-8-18-9-7-12)10-11-2-4-13(5-3-11)21-15(16)17;/h2-5,12,15,18H,6-10H2,1H3;1H. The number of rotatable bonds is 5. The summed E-state index contributed by atoms with van der Waals surface area (Å²) < 4.78 is 28.4. The first-order chi connectivity index (χ1) is 10.1. The predicted molar refractivity (Wildman–Crippen MR) is 82.4 cm³/mol. The van der Waals surface area contributed by atoms with E-state index in [0.29, 0.717) is 6.54 Å². The molecule has 1 aliphatic heterocycles. The number of piperidine rings is 1. The maximum absolute atomic E-state index is 12.3. The lowest BCUT2D eigenvalue weighted by molar-refractivity contribution is -0.135. The van der Waals surface area contributed by atoms with Crippen LogP contribution in [0.25, 0.3) is 0 Å². The molecule has 0 bridgehead atoms. The van der Waals surface area contributed by atoms with Crippen molar-refractivity contribution in [2.45, 2.75) is 26.0 Å². The van der Waals surface area contributed by atoms with Crippen LogP contribution >= 0.6 is 12.4 Å².